The molecule has 0 amide bonds. The second kappa shape index (κ2) is 5.97. The lowest BCUT2D eigenvalue weighted by atomic mass is 10.0. The van der Waals surface area contributed by atoms with E-state index < -0.39 is 17.7 Å². The third-order valence-electron chi connectivity index (χ3n) is 2.72. The van der Waals surface area contributed by atoms with Gasteiger partial charge in [-0.25, -0.2) is 14.2 Å². The van der Waals surface area contributed by atoms with E-state index in [-0.39, 0.29) is 5.56 Å². The zero-order chi connectivity index (χ0) is 14.2. The maximum absolute atomic E-state index is 14.1. The standard InChI is InChI=1S/C12H10Br2F2N2S/c1-5-2-3-7(15)9(10(5)16)11(18-17)8-4-6(13)12(14)19-8/h2-4,11,18H,17H2,1H3. The third-order valence-corrected chi connectivity index (χ3v) is 6.04. The SMILES string of the molecule is Cc1ccc(F)c(C(NN)c2cc(Br)c(Br)s2)c1F. The fraction of sp³-hybridized carbons (Fsp3) is 0.167. The van der Waals surface area contributed by atoms with Gasteiger partial charge in [-0.2, -0.15) is 0 Å². The Kier molecular flexibility index (Phi) is 4.73. The van der Waals surface area contributed by atoms with E-state index in [4.69, 9.17) is 5.84 Å². The van der Waals surface area contributed by atoms with Crippen molar-refractivity contribution in [3.8, 4) is 0 Å². The Bertz CT molecular complexity index is 597. The maximum Gasteiger partial charge on any atom is 0.134 e. The van der Waals surface area contributed by atoms with E-state index in [0.717, 1.165) is 8.26 Å². The number of nitrogens with one attached hydrogen (secondary N) is 1. The lowest BCUT2D eigenvalue weighted by Gasteiger charge is -2.17. The van der Waals surface area contributed by atoms with Crippen LogP contribution in [-0.4, -0.2) is 0 Å². The van der Waals surface area contributed by atoms with Crippen LogP contribution in [0.25, 0.3) is 0 Å². The van der Waals surface area contributed by atoms with Crippen molar-refractivity contribution in [2.24, 2.45) is 5.84 Å². The molecule has 0 saturated carbocycles. The molecule has 0 aliphatic carbocycles. The Morgan fingerprint density at radius 2 is 2.00 bits per heavy atom. The third kappa shape index (κ3) is 2.90. The first-order chi connectivity index (χ1) is 8.95. The molecule has 0 spiro atoms. The van der Waals surface area contributed by atoms with Crippen molar-refractivity contribution >= 4 is 43.2 Å². The first-order valence-corrected chi connectivity index (χ1v) is 7.71. The highest BCUT2D eigenvalue weighted by Crippen LogP contribution is 2.38. The van der Waals surface area contributed by atoms with Gasteiger partial charge in [0.05, 0.1) is 9.83 Å². The number of nitrogens with two attached hydrogens (primary N) is 1. The summed E-state index contributed by atoms with van der Waals surface area (Å²) in [6.07, 6.45) is 0. The normalized spacial score (nSPS) is 12.7. The molecule has 1 aromatic carbocycles. The Hall–Kier alpha value is -0.340. The van der Waals surface area contributed by atoms with Gasteiger partial charge in [0.2, 0.25) is 0 Å². The second-order valence-corrected chi connectivity index (χ2v) is 7.22. The number of thiophene rings is 1. The van der Waals surface area contributed by atoms with Gasteiger partial charge in [0.15, 0.2) is 0 Å². The summed E-state index contributed by atoms with van der Waals surface area (Å²) in [6.45, 7) is 1.59. The van der Waals surface area contributed by atoms with Gasteiger partial charge in [0.25, 0.3) is 0 Å². The summed E-state index contributed by atoms with van der Waals surface area (Å²) in [5.41, 5.74) is 2.79. The van der Waals surface area contributed by atoms with Gasteiger partial charge in [0, 0.05) is 14.9 Å². The molecule has 2 nitrogen and oxygen atoms in total. The lowest BCUT2D eigenvalue weighted by molar-refractivity contribution is 0.509. The highest BCUT2D eigenvalue weighted by Gasteiger charge is 2.24. The van der Waals surface area contributed by atoms with Crippen LogP contribution < -0.4 is 11.3 Å². The molecule has 19 heavy (non-hydrogen) atoms. The molecule has 3 N–H and O–H groups in total. The van der Waals surface area contributed by atoms with E-state index in [1.807, 2.05) is 0 Å². The fourth-order valence-electron chi connectivity index (χ4n) is 1.76. The highest BCUT2D eigenvalue weighted by atomic mass is 79.9. The number of aryl methyl sites for hydroxylation is 1. The Labute approximate surface area is 130 Å². The molecule has 0 aliphatic rings. The quantitative estimate of drug-likeness (QED) is 0.579. The summed E-state index contributed by atoms with van der Waals surface area (Å²) in [5, 5.41) is 0. The van der Waals surface area contributed by atoms with Crippen molar-refractivity contribution in [3.63, 3.8) is 0 Å². The predicted octanol–water partition coefficient (Wildman–Crippen LogP) is 4.41. The first-order valence-electron chi connectivity index (χ1n) is 5.31. The molecular formula is C12H10Br2F2N2S. The van der Waals surface area contributed by atoms with Crippen LogP contribution in [0.15, 0.2) is 26.5 Å². The second-order valence-electron chi connectivity index (χ2n) is 3.96. The summed E-state index contributed by atoms with van der Waals surface area (Å²) in [5.74, 6) is 4.28. The number of rotatable bonds is 3. The Morgan fingerprint density at radius 1 is 1.32 bits per heavy atom. The average Bonchev–Trinajstić information content (AvgIpc) is 2.70. The summed E-state index contributed by atoms with van der Waals surface area (Å²) < 4.78 is 29.7. The summed E-state index contributed by atoms with van der Waals surface area (Å²) in [4.78, 5) is 0.713. The zero-order valence-corrected chi connectivity index (χ0v) is 13.8. The van der Waals surface area contributed by atoms with Gasteiger partial charge in [0.1, 0.15) is 11.6 Å². The first kappa shape index (κ1) is 15.1. The van der Waals surface area contributed by atoms with E-state index in [0.29, 0.717) is 10.4 Å². The minimum atomic E-state index is -0.729. The number of hydrazine groups is 1. The van der Waals surface area contributed by atoms with Crippen molar-refractivity contribution in [2.45, 2.75) is 13.0 Å². The molecule has 0 saturated heterocycles. The molecule has 1 aromatic heterocycles. The smallest absolute Gasteiger partial charge is 0.134 e. The van der Waals surface area contributed by atoms with Crippen molar-refractivity contribution < 1.29 is 8.78 Å². The van der Waals surface area contributed by atoms with Crippen molar-refractivity contribution in [1.82, 2.24) is 5.43 Å². The number of hydrogen-bond acceptors (Lipinski definition) is 3. The lowest BCUT2D eigenvalue weighted by Crippen LogP contribution is -2.30. The van der Waals surface area contributed by atoms with E-state index in [2.05, 4.69) is 37.3 Å². The maximum atomic E-state index is 14.1. The van der Waals surface area contributed by atoms with Crippen LogP contribution in [0, 0.1) is 18.6 Å². The van der Waals surface area contributed by atoms with E-state index >= 15 is 0 Å². The highest BCUT2D eigenvalue weighted by molar-refractivity contribution is 9.13. The molecule has 1 atom stereocenters. The van der Waals surface area contributed by atoms with Gasteiger partial charge in [-0.15, -0.1) is 11.3 Å². The molecule has 2 rings (SSSR count). The van der Waals surface area contributed by atoms with Crippen LogP contribution in [0.4, 0.5) is 8.78 Å². The van der Waals surface area contributed by atoms with Crippen molar-refractivity contribution in [2.75, 3.05) is 0 Å². The monoisotopic (exact) mass is 410 g/mol. The van der Waals surface area contributed by atoms with Crippen molar-refractivity contribution in [3.05, 3.63) is 54.1 Å². The van der Waals surface area contributed by atoms with Gasteiger partial charge < -0.3 is 0 Å². The van der Waals surface area contributed by atoms with Gasteiger partial charge >= 0.3 is 0 Å². The average molecular weight is 412 g/mol. The van der Waals surface area contributed by atoms with Crippen LogP contribution in [0.1, 0.15) is 22.0 Å². The van der Waals surface area contributed by atoms with Crippen molar-refractivity contribution in [1.29, 1.82) is 0 Å². The number of halogens is 4. The summed E-state index contributed by atoms with van der Waals surface area (Å²) in [7, 11) is 0. The topological polar surface area (TPSA) is 38.0 Å². The van der Waals surface area contributed by atoms with Gasteiger partial charge in [-0.1, -0.05) is 6.07 Å². The zero-order valence-electron chi connectivity index (χ0n) is 9.81. The molecule has 0 radical (unpaired) electrons. The minimum Gasteiger partial charge on any atom is -0.271 e. The molecule has 102 valence electrons. The van der Waals surface area contributed by atoms with Crippen LogP contribution in [-0.2, 0) is 0 Å². The van der Waals surface area contributed by atoms with Crippen LogP contribution in [0.2, 0.25) is 0 Å². The van der Waals surface area contributed by atoms with E-state index in [9.17, 15) is 8.78 Å². The van der Waals surface area contributed by atoms with Crippen LogP contribution in [0.5, 0.6) is 0 Å². The van der Waals surface area contributed by atoms with Gasteiger partial charge in [-0.05, 0) is 56.5 Å². The molecule has 1 heterocycles. The predicted molar refractivity (Wildman–Crippen MR) is 80.0 cm³/mol. The Balaban J connectivity index is 2.57. The molecule has 0 aliphatic heterocycles. The van der Waals surface area contributed by atoms with Crippen LogP contribution in [0.3, 0.4) is 0 Å². The molecule has 0 fully saturated rings. The number of benzene rings is 1. The Morgan fingerprint density at radius 3 is 2.53 bits per heavy atom. The van der Waals surface area contributed by atoms with Gasteiger partial charge in [-0.3, -0.25) is 5.84 Å². The minimum absolute atomic E-state index is 0.0660. The number of hydrogen-bond donors (Lipinski definition) is 2. The molecular weight excluding hydrogens is 402 g/mol. The molecule has 1 unspecified atom stereocenters. The fourth-order valence-corrected chi connectivity index (χ4v) is 3.92. The summed E-state index contributed by atoms with van der Waals surface area (Å²) in [6, 6.07) is 3.70. The molecule has 2 aromatic rings. The summed E-state index contributed by atoms with van der Waals surface area (Å²) >= 11 is 8.06. The van der Waals surface area contributed by atoms with E-state index in [1.165, 1.54) is 23.5 Å². The van der Waals surface area contributed by atoms with Crippen LogP contribution >= 0.6 is 43.2 Å². The van der Waals surface area contributed by atoms with E-state index in [1.54, 1.807) is 13.0 Å². The molecule has 7 heteroatoms. The molecule has 0 bridgehead atoms. The largest absolute Gasteiger partial charge is 0.271 e.